The zero-order chi connectivity index (χ0) is 17.9. The van der Waals surface area contributed by atoms with Crippen LogP contribution in [0.4, 0.5) is 4.79 Å². The van der Waals surface area contributed by atoms with Crippen molar-refractivity contribution in [3.8, 4) is 5.88 Å². The fourth-order valence-corrected chi connectivity index (χ4v) is 2.34. The number of likely N-dealkylation sites (tertiary alicyclic amines) is 1. The van der Waals surface area contributed by atoms with E-state index in [1.165, 1.54) is 7.05 Å². The molecule has 2 atom stereocenters. The van der Waals surface area contributed by atoms with E-state index in [1.807, 2.05) is 20.8 Å². The monoisotopic (exact) mass is 338 g/mol. The van der Waals surface area contributed by atoms with Gasteiger partial charge in [0.1, 0.15) is 17.9 Å². The molecule has 0 spiro atoms. The van der Waals surface area contributed by atoms with Gasteiger partial charge in [-0.05, 0) is 26.8 Å². The largest absolute Gasteiger partial charge is 0.472 e. The standard InChI is InChI=1S/C16H26N4O4/c1-16(2,3)24-15(21)20-8-7-12(10-20)23-13-6-5-11(9-18-13)14(17)19(4)22/h5-6,9,12,14,22H,7-8,10,17H2,1-4H3/t12-,14?/m0/s1. The maximum atomic E-state index is 12.0. The lowest BCUT2D eigenvalue weighted by Gasteiger charge is -2.24. The summed E-state index contributed by atoms with van der Waals surface area (Å²) in [5.41, 5.74) is 5.96. The predicted molar refractivity (Wildman–Crippen MR) is 87.6 cm³/mol. The van der Waals surface area contributed by atoms with Crippen LogP contribution in [0.2, 0.25) is 0 Å². The molecule has 8 nitrogen and oxygen atoms in total. The Morgan fingerprint density at radius 1 is 1.50 bits per heavy atom. The molecule has 134 valence electrons. The summed E-state index contributed by atoms with van der Waals surface area (Å²) in [6.07, 6.45) is 1.20. The van der Waals surface area contributed by atoms with E-state index >= 15 is 0 Å². The van der Waals surface area contributed by atoms with Crippen LogP contribution in [0.5, 0.6) is 5.88 Å². The zero-order valence-corrected chi connectivity index (χ0v) is 14.6. The molecular weight excluding hydrogens is 312 g/mol. The first-order chi connectivity index (χ1) is 11.2. The highest BCUT2D eigenvalue weighted by molar-refractivity contribution is 5.68. The number of pyridine rings is 1. The third kappa shape index (κ3) is 5.05. The Morgan fingerprint density at radius 3 is 2.75 bits per heavy atom. The Morgan fingerprint density at radius 2 is 2.21 bits per heavy atom. The van der Waals surface area contributed by atoms with Crippen molar-refractivity contribution < 1.29 is 19.5 Å². The average Bonchev–Trinajstić information content (AvgIpc) is 2.94. The minimum atomic E-state index is -0.638. The van der Waals surface area contributed by atoms with Crippen LogP contribution < -0.4 is 10.5 Å². The van der Waals surface area contributed by atoms with Crippen molar-refractivity contribution in [3.63, 3.8) is 0 Å². The highest BCUT2D eigenvalue weighted by Gasteiger charge is 2.31. The van der Waals surface area contributed by atoms with Gasteiger partial charge in [0.2, 0.25) is 5.88 Å². The summed E-state index contributed by atoms with van der Waals surface area (Å²) < 4.78 is 11.2. The number of nitrogens with two attached hydrogens (primary N) is 1. The Bertz CT molecular complexity index is 556. The Kier molecular flexibility index (Phi) is 5.63. The summed E-state index contributed by atoms with van der Waals surface area (Å²) in [7, 11) is 1.47. The zero-order valence-electron chi connectivity index (χ0n) is 14.6. The van der Waals surface area contributed by atoms with Crippen molar-refractivity contribution >= 4 is 6.09 Å². The van der Waals surface area contributed by atoms with Crippen LogP contribution in [-0.2, 0) is 4.74 Å². The average molecular weight is 338 g/mol. The van der Waals surface area contributed by atoms with E-state index in [9.17, 15) is 10.0 Å². The van der Waals surface area contributed by atoms with Gasteiger partial charge in [0, 0.05) is 37.8 Å². The maximum absolute atomic E-state index is 12.0. The highest BCUT2D eigenvalue weighted by Crippen LogP contribution is 2.20. The number of carbonyl (C=O) groups is 1. The number of aromatic nitrogens is 1. The van der Waals surface area contributed by atoms with Crippen LogP contribution in [0.25, 0.3) is 0 Å². The smallest absolute Gasteiger partial charge is 0.410 e. The van der Waals surface area contributed by atoms with E-state index in [0.717, 1.165) is 11.5 Å². The molecule has 1 aromatic heterocycles. The highest BCUT2D eigenvalue weighted by atomic mass is 16.6. The minimum Gasteiger partial charge on any atom is -0.472 e. The number of carbonyl (C=O) groups excluding carboxylic acids is 1. The molecule has 1 unspecified atom stereocenters. The molecule has 1 aromatic rings. The van der Waals surface area contributed by atoms with Gasteiger partial charge in [-0.15, -0.1) is 0 Å². The van der Waals surface area contributed by atoms with Crippen LogP contribution in [0, 0.1) is 0 Å². The summed E-state index contributed by atoms with van der Waals surface area (Å²) in [6, 6.07) is 3.45. The molecule has 3 N–H and O–H groups in total. The van der Waals surface area contributed by atoms with Crippen molar-refractivity contribution in [2.75, 3.05) is 20.1 Å². The predicted octanol–water partition coefficient (Wildman–Crippen LogP) is 1.75. The molecule has 24 heavy (non-hydrogen) atoms. The summed E-state index contributed by atoms with van der Waals surface area (Å²) in [5.74, 6) is 0.461. The van der Waals surface area contributed by atoms with Crippen molar-refractivity contribution in [1.82, 2.24) is 14.9 Å². The molecule has 8 heteroatoms. The molecule has 0 saturated carbocycles. The number of rotatable bonds is 4. The first-order valence-corrected chi connectivity index (χ1v) is 7.93. The van der Waals surface area contributed by atoms with E-state index in [4.69, 9.17) is 15.2 Å². The maximum Gasteiger partial charge on any atom is 0.410 e. The molecule has 1 amide bonds. The molecule has 2 rings (SSSR count). The van der Waals surface area contributed by atoms with Crippen LogP contribution in [0.3, 0.4) is 0 Å². The van der Waals surface area contributed by atoms with Gasteiger partial charge in [0.05, 0.1) is 6.54 Å². The van der Waals surface area contributed by atoms with E-state index in [0.29, 0.717) is 24.5 Å². The molecule has 0 radical (unpaired) electrons. The van der Waals surface area contributed by atoms with Gasteiger partial charge >= 0.3 is 6.09 Å². The second-order valence-electron chi connectivity index (χ2n) is 6.90. The first-order valence-electron chi connectivity index (χ1n) is 7.93. The van der Waals surface area contributed by atoms with Crippen molar-refractivity contribution in [2.45, 2.75) is 45.1 Å². The van der Waals surface area contributed by atoms with Gasteiger partial charge in [0.25, 0.3) is 0 Å². The SMILES string of the molecule is CN(O)C(N)c1ccc(O[C@H]2CCN(C(=O)OC(C)(C)C)C2)nc1. The van der Waals surface area contributed by atoms with Gasteiger partial charge in [-0.3, -0.25) is 0 Å². The third-order valence-electron chi connectivity index (χ3n) is 3.59. The molecule has 1 saturated heterocycles. The number of amides is 1. The molecule has 0 aromatic carbocycles. The number of nitrogens with zero attached hydrogens (tertiary/aromatic N) is 3. The van der Waals surface area contributed by atoms with Gasteiger partial charge in [-0.2, -0.15) is 5.06 Å². The Hall–Kier alpha value is -1.90. The first kappa shape index (κ1) is 18.4. The molecular formula is C16H26N4O4. The van der Waals surface area contributed by atoms with Crippen molar-refractivity contribution in [2.24, 2.45) is 5.73 Å². The van der Waals surface area contributed by atoms with Crippen LogP contribution in [0.15, 0.2) is 18.3 Å². The molecule has 1 aliphatic heterocycles. The number of ether oxygens (including phenoxy) is 2. The summed E-state index contributed by atoms with van der Waals surface area (Å²) in [4.78, 5) is 17.9. The Balaban J connectivity index is 1.88. The number of hydrogen-bond acceptors (Lipinski definition) is 7. The number of hydrogen-bond donors (Lipinski definition) is 2. The molecule has 0 aliphatic carbocycles. The summed E-state index contributed by atoms with van der Waals surface area (Å²) in [5, 5.41) is 10.2. The molecule has 0 bridgehead atoms. The van der Waals surface area contributed by atoms with E-state index in [2.05, 4.69) is 4.98 Å². The molecule has 1 fully saturated rings. The van der Waals surface area contributed by atoms with Crippen LogP contribution in [-0.4, -0.2) is 58.1 Å². The summed E-state index contributed by atoms with van der Waals surface area (Å²) in [6.45, 7) is 6.59. The van der Waals surface area contributed by atoms with Crippen LogP contribution >= 0.6 is 0 Å². The van der Waals surface area contributed by atoms with Crippen molar-refractivity contribution in [1.29, 1.82) is 0 Å². The second kappa shape index (κ2) is 7.33. The topological polar surface area (TPSA) is 101 Å². The third-order valence-corrected chi connectivity index (χ3v) is 3.59. The van der Waals surface area contributed by atoms with Gasteiger partial charge in [-0.1, -0.05) is 0 Å². The van der Waals surface area contributed by atoms with Gasteiger partial charge < -0.3 is 25.3 Å². The van der Waals surface area contributed by atoms with E-state index < -0.39 is 11.8 Å². The summed E-state index contributed by atoms with van der Waals surface area (Å²) >= 11 is 0. The lowest BCUT2D eigenvalue weighted by molar-refractivity contribution is -0.102. The van der Waals surface area contributed by atoms with Gasteiger partial charge in [-0.25, -0.2) is 9.78 Å². The quantitative estimate of drug-likeness (QED) is 0.637. The molecule has 1 aliphatic rings. The fraction of sp³-hybridized carbons (Fsp3) is 0.625. The lowest BCUT2D eigenvalue weighted by atomic mass is 10.2. The second-order valence-corrected chi connectivity index (χ2v) is 6.90. The molecule has 2 heterocycles. The number of hydroxylamine groups is 2. The van der Waals surface area contributed by atoms with E-state index in [1.54, 1.807) is 23.2 Å². The van der Waals surface area contributed by atoms with Crippen LogP contribution in [0.1, 0.15) is 38.9 Å². The van der Waals surface area contributed by atoms with E-state index in [-0.39, 0.29) is 12.2 Å². The Labute approximate surface area is 142 Å². The van der Waals surface area contributed by atoms with Gasteiger partial charge in [0.15, 0.2) is 0 Å². The lowest BCUT2D eigenvalue weighted by Crippen LogP contribution is -2.36. The minimum absolute atomic E-state index is 0.120. The van der Waals surface area contributed by atoms with Crippen molar-refractivity contribution in [3.05, 3.63) is 23.9 Å². The fourth-order valence-electron chi connectivity index (χ4n) is 2.34. The normalized spacial score (nSPS) is 19.5.